The lowest BCUT2D eigenvalue weighted by Gasteiger charge is -2.17. The Hall–Kier alpha value is -3.41. The smallest absolute Gasteiger partial charge is 0.408 e. The minimum absolute atomic E-state index is 0.00917. The Kier molecular flexibility index (Phi) is 31.8. The number of unbranched alkanes of at least 4 members (excludes halogenated alkanes) is 13. The first-order valence-electron chi connectivity index (χ1n) is 21.0. The highest BCUT2D eigenvalue weighted by Crippen LogP contribution is 2.10. The van der Waals surface area contributed by atoms with E-state index < -0.39 is 24.1 Å². The molecule has 0 spiro atoms. The van der Waals surface area contributed by atoms with E-state index in [4.69, 9.17) is 23.7 Å². The molecule has 1 rings (SSSR count). The number of likely N-dealkylation sites (tertiary alicyclic amines) is 1. The summed E-state index contributed by atoms with van der Waals surface area (Å²) in [6.45, 7) is 8.39. The van der Waals surface area contributed by atoms with Crippen molar-refractivity contribution in [2.75, 3.05) is 52.6 Å². The molecule has 1 amide bonds. The van der Waals surface area contributed by atoms with Crippen LogP contribution in [0.1, 0.15) is 155 Å². The van der Waals surface area contributed by atoms with Crippen molar-refractivity contribution in [1.82, 2.24) is 10.2 Å². The number of hydrogen-bond donors (Lipinski definition) is 1. The van der Waals surface area contributed by atoms with Gasteiger partial charge >= 0.3 is 30.0 Å². The van der Waals surface area contributed by atoms with Crippen molar-refractivity contribution in [3.05, 3.63) is 24.3 Å². The van der Waals surface area contributed by atoms with Crippen LogP contribution in [-0.4, -0.2) is 93.6 Å². The van der Waals surface area contributed by atoms with Gasteiger partial charge in [0.1, 0.15) is 13.2 Å². The van der Waals surface area contributed by atoms with Crippen molar-refractivity contribution >= 4 is 30.0 Å². The van der Waals surface area contributed by atoms with E-state index in [1.54, 1.807) is 0 Å². The van der Waals surface area contributed by atoms with Crippen molar-refractivity contribution in [3.8, 4) is 0 Å². The Morgan fingerprint density at radius 2 is 1.07 bits per heavy atom. The van der Waals surface area contributed by atoms with Gasteiger partial charge in [0.15, 0.2) is 0 Å². The Labute approximate surface area is 325 Å². The van der Waals surface area contributed by atoms with Crippen LogP contribution in [0.3, 0.4) is 0 Å². The fraction of sp³-hybridized carbons (Fsp3) is 0.786. The number of nitrogens with zero attached hydrogens (tertiary/aromatic N) is 1. The van der Waals surface area contributed by atoms with Crippen LogP contribution in [0.2, 0.25) is 0 Å². The Bertz CT molecular complexity index is 996. The maximum atomic E-state index is 12.9. The quantitative estimate of drug-likeness (QED) is 0.0222. The number of alkyl carbamates (subject to hydrolysis) is 1. The molecule has 0 radical (unpaired) electrons. The normalized spacial score (nSPS) is 13.1. The standard InChI is InChI=1S/C42H72N2O10/c1-3-5-7-9-11-13-23-33-50-37(45)27-17-15-25-35-52-40(47)39(54-42(49)43-29-19-20-30-44-31-21-22-32-44)41(48)53-36-26-16-18-28-38(46)51-34-24-14-12-10-8-6-4-2/h13-14,23-24,39H,3-12,15-22,25-36H2,1-2H3,(H,43,49)/b23-13-,24-14-. The van der Waals surface area contributed by atoms with Gasteiger partial charge in [-0.15, -0.1) is 0 Å². The Morgan fingerprint density at radius 1 is 0.574 bits per heavy atom. The molecular weight excluding hydrogens is 692 g/mol. The molecule has 12 heteroatoms. The van der Waals surface area contributed by atoms with Crippen molar-refractivity contribution in [3.63, 3.8) is 0 Å². The van der Waals surface area contributed by atoms with E-state index in [-0.39, 0.29) is 51.2 Å². The molecule has 0 saturated carbocycles. The maximum Gasteiger partial charge on any atom is 0.408 e. The zero-order chi connectivity index (χ0) is 39.3. The van der Waals surface area contributed by atoms with Gasteiger partial charge in [-0.1, -0.05) is 76.7 Å². The number of hydrogen-bond acceptors (Lipinski definition) is 11. The summed E-state index contributed by atoms with van der Waals surface area (Å²) in [6.07, 6.45) is 24.5. The van der Waals surface area contributed by atoms with Crippen molar-refractivity contribution in [2.24, 2.45) is 0 Å². The molecule has 1 heterocycles. The Balaban J connectivity index is 2.37. The molecule has 1 aliphatic rings. The molecule has 1 N–H and O–H groups in total. The summed E-state index contributed by atoms with van der Waals surface area (Å²) in [5.41, 5.74) is 0. The van der Waals surface area contributed by atoms with Gasteiger partial charge in [0.25, 0.3) is 6.10 Å². The van der Waals surface area contributed by atoms with Crippen LogP contribution in [0.4, 0.5) is 4.79 Å². The van der Waals surface area contributed by atoms with Crippen LogP contribution < -0.4 is 5.32 Å². The molecule has 0 aromatic carbocycles. The first-order valence-corrected chi connectivity index (χ1v) is 21.0. The average Bonchev–Trinajstić information content (AvgIpc) is 3.69. The Morgan fingerprint density at radius 3 is 1.57 bits per heavy atom. The molecular formula is C42H72N2O10. The summed E-state index contributed by atoms with van der Waals surface area (Å²) >= 11 is 0. The highest BCUT2D eigenvalue weighted by molar-refractivity contribution is 5.99. The first-order chi connectivity index (χ1) is 26.4. The summed E-state index contributed by atoms with van der Waals surface area (Å²) in [5, 5.41) is 2.61. The summed E-state index contributed by atoms with van der Waals surface area (Å²) in [5.74, 6) is -2.58. The lowest BCUT2D eigenvalue weighted by Crippen LogP contribution is -2.41. The van der Waals surface area contributed by atoms with E-state index in [1.807, 2.05) is 24.3 Å². The number of rotatable bonds is 34. The van der Waals surface area contributed by atoms with E-state index >= 15 is 0 Å². The number of amides is 1. The molecule has 1 fully saturated rings. The van der Waals surface area contributed by atoms with Gasteiger partial charge in [-0.2, -0.15) is 0 Å². The van der Waals surface area contributed by atoms with Crippen LogP contribution in [0.15, 0.2) is 24.3 Å². The third-order valence-electron chi connectivity index (χ3n) is 9.02. The summed E-state index contributed by atoms with van der Waals surface area (Å²) in [6, 6.07) is 0. The number of ether oxygens (including phenoxy) is 5. The van der Waals surface area contributed by atoms with Gasteiger partial charge < -0.3 is 33.9 Å². The van der Waals surface area contributed by atoms with Crippen LogP contribution in [0.5, 0.6) is 0 Å². The predicted octanol–water partition coefficient (Wildman–Crippen LogP) is 8.30. The van der Waals surface area contributed by atoms with Crippen LogP contribution in [-0.2, 0) is 42.9 Å². The number of allylic oxidation sites excluding steroid dienone is 2. The summed E-state index contributed by atoms with van der Waals surface area (Å²) in [7, 11) is 0. The largest absolute Gasteiger partial charge is 0.462 e. The zero-order valence-corrected chi connectivity index (χ0v) is 33.6. The molecule has 0 unspecified atom stereocenters. The second-order valence-corrected chi connectivity index (χ2v) is 13.9. The van der Waals surface area contributed by atoms with Crippen LogP contribution in [0, 0.1) is 0 Å². The van der Waals surface area contributed by atoms with Crippen molar-refractivity contribution in [1.29, 1.82) is 0 Å². The van der Waals surface area contributed by atoms with Gasteiger partial charge in [0, 0.05) is 19.4 Å². The highest BCUT2D eigenvalue weighted by atomic mass is 16.6. The third-order valence-corrected chi connectivity index (χ3v) is 9.02. The van der Waals surface area contributed by atoms with Crippen molar-refractivity contribution in [2.45, 2.75) is 161 Å². The number of carbonyl (C=O) groups is 5. The fourth-order valence-electron chi connectivity index (χ4n) is 5.77. The summed E-state index contributed by atoms with van der Waals surface area (Å²) < 4.78 is 26.2. The van der Waals surface area contributed by atoms with Gasteiger partial charge in [-0.05, 0) is 110 Å². The number of esters is 4. The first kappa shape index (κ1) is 48.6. The van der Waals surface area contributed by atoms with E-state index in [9.17, 15) is 24.0 Å². The van der Waals surface area contributed by atoms with Crippen LogP contribution >= 0.6 is 0 Å². The number of carbonyl (C=O) groups excluding carboxylic acids is 5. The molecule has 54 heavy (non-hydrogen) atoms. The molecule has 1 aliphatic heterocycles. The average molecular weight is 765 g/mol. The minimum Gasteiger partial charge on any atom is -0.462 e. The minimum atomic E-state index is -1.86. The lowest BCUT2D eigenvalue weighted by atomic mass is 10.1. The number of nitrogens with one attached hydrogen (secondary N) is 1. The van der Waals surface area contributed by atoms with Gasteiger partial charge in [0.05, 0.1) is 13.2 Å². The van der Waals surface area contributed by atoms with Crippen molar-refractivity contribution < 1.29 is 47.7 Å². The molecule has 0 bridgehead atoms. The fourth-order valence-corrected chi connectivity index (χ4v) is 5.77. The van der Waals surface area contributed by atoms with E-state index in [1.165, 1.54) is 51.4 Å². The van der Waals surface area contributed by atoms with Crippen LogP contribution in [0.25, 0.3) is 0 Å². The molecule has 0 aliphatic carbocycles. The molecule has 12 nitrogen and oxygen atoms in total. The van der Waals surface area contributed by atoms with E-state index in [2.05, 4.69) is 24.1 Å². The maximum absolute atomic E-state index is 12.9. The van der Waals surface area contributed by atoms with E-state index in [0.717, 1.165) is 58.2 Å². The molecule has 0 aromatic heterocycles. The van der Waals surface area contributed by atoms with Gasteiger partial charge in [0.2, 0.25) is 0 Å². The topological polar surface area (TPSA) is 147 Å². The SMILES string of the molecule is CCCCCC/C=C\COC(=O)CCCCCOC(=O)C(OC(=O)NCCCCN1CCCC1)C(=O)OCCCCCC(=O)OC/C=C\CCCCCC. The molecule has 0 aromatic rings. The molecule has 1 saturated heterocycles. The van der Waals surface area contributed by atoms with Gasteiger partial charge in [-0.3, -0.25) is 9.59 Å². The summed E-state index contributed by atoms with van der Waals surface area (Å²) in [4.78, 5) is 64.6. The zero-order valence-electron chi connectivity index (χ0n) is 33.6. The predicted molar refractivity (Wildman–Crippen MR) is 210 cm³/mol. The van der Waals surface area contributed by atoms with Gasteiger partial charge in [-0.25, -0.2) is 14.4 Å². The molecule has 0 atom stereocenters. The lowest BCUT2D eigenvalue weighted by molar-refractivity contribution is -0.169. The second-order valence-electron chi connectivity index (χ2n) is 13.9. The van der Waals surface area contributed by atoms with E-state index in [0.29, 0.717) is 45.1 Å². The second kappa shape index (κ2) is 35.3. The highest BCUT2D eigenvalue weighted by Gasteiger charge is 2.34. The third kappa shape index (κ3) is 29.0. The molecule has 310 valence electrons. The monoisotopic (exact) mass is 765 g/mol.